The number of benzene rings is 1. The zero-order valence-corrected chi connectivity index (χ0v) is 17.5. The van der Waals surface area contributed by atoms with E-state index in [1.807, 2.05) is 30.3 Å². The van der Waals surface area contributed by atoms with Crippen LogP contribution in [0, 0.1) is 11.3 Å². The predicted molar refractivity (Wildman–Crippen MR) is 111 cm³/mol. The van der Waals surface area contributed by atoms with Crippen molar-refractivity contribution in [2.24, 2.45) is 0 Å². The van der Waals surface area contributed by atoms with Crippen LogP contribution in [0.15, 0.2) is 35.4 Å². The molecule has 1 atom stereocenters. The van der Waals surface area contributed by atoms with Crippen LogP contribution in [0.3, 0.4) is 0 Å². The molecule has 0 radical (unpaired) electrons. The van der Waals surface area contributed by atoms with Crippen molar-refractivity contribution in [2.75, 3.05) is 26.0 Å². The summed E-state index contributed by atoms with van der Waals surface area (Å²) < 4.78 is 4.83. The summed E-state index contributed by atoms with van der Waals surface area (Å²) in [6, 6.07) is 12.2. The molecule has 0 spiro atoms. The van der Waals surface area contributed by atoms with Gasteiger partial charge in [-0.05, 0) is 12.5 Å². The number of esters is 1. The number of Topliss-reactive ketones (excluding diaryl/α,β-unsaturated/α-hetero) is 1. The summed E-state index contributed by atoms with van der Waals surface area (Å²) in [6.45, 7) is 3.75. The van der Waals surface area contributed by atoms with Crippen LogP contribution in [-0.4, -0.2) is 42.7 Å². The number of fused-ring (bicyclic) bond motifs is 1. The van der Waals surface area contributed by atoms with E-state index < -0.39 is 5.97 Å². The fourth-order valence-electron chi connectivity index (χ4n) is 3.47. The predicted octanol–water partition coefficient (Wildman–Crippen LogP) is 1.81. The Bertz CT molecular complexity index is 954. The number of nitrogens with zero attached hydrogens (tertiary/aromatic N) is 2. The molecule has 29 heavy (non-hydrogen) atoms. The minimum Gasteiger partial charge on any atom is -0.466 e. The average Bonchev–Trinajstić information content (AvgIpc) is 2.72. The molecule has 0 bridgehead atoms. The van der Waals surface area contributed by atoms with Crippen molar-refractivity contribution in [3.05, 3.63) is 47.2 Å². The number of ketones is 1. The van der Waals surface area contributed by atoms with Gasteiger partial charge in [-0.3, -0.25) is 9.59 Å². The largest absolute Gasteiger partial charge is 0.466 e. The normalized spacial score (nSPS) is 15.3. The summed E-state index contributed by atoms with van der Waals surface area (Å²) in [5.74, 6) is -0.672. The van der Waals surface area contributed by atoms with Crippen LogP contribution in [0.2, 0.25) is 0 Å². The highest BCUT2D eigenvalue weighted by Crippen LogP contribution is 2.35. The summed E-state index contributed by atoms with van der Waals surface area (Å²) >= 11 is 1.22. The first-order valence-corrected chi connectivity index (χ1v) is 10.6. The van der Waals surface area contributed by atoms with E-state index in [0.717, 1.165) is 41.9 Å². The number of carbonyl (C=O) groups is 2. The van der Waals surface area contributed by atoms with E-state index >= 15 is 0 Å². The Kier molecular flexibility index (Phi) is 7.02. The van der Waals surface area contributed by atoms with Crippen LogP contribution in [0.25, 0.3) is 11.1 Å². The van der Waals surface area contributed by atoms with Gasteiger partial charge in [0.25, 0.3) is 0 Å². The number of likely N-dealkylation sites (N-methyl/N-ethyl adjacent to an activating group) is 1. The molecule has 1 aliphatic rings. The van der Waals surface area contributed by atoms with Crippen LogP contribution in [-0.2, 0) is 27.3 Å². The van der Waals surface area contributed by atoms with Crippen molar-refractivity contribution in [3.63, 3.8) is 0 Å². The maximum absolute atomic E-state index is 12.2. The number of aromatic nitrogens is 1. The summed E-state index contributed by atoms with van der Waals surface area (Å²) in [7, 11) is 2.14. The number of thioether (sulfide) groups is 1. The first-order valence-electron chi connectivity index (χ1n) is 9.66. The third kappa shape index (κ3) is 5.03. The number of quaternary nitrogens is 1. The lowest BCUT2D eigenvalue weighted by molar-refractivity contribution is -0.895. The zero-order chi connectivity index (χ0) is 20.8. The molecule has 150 valence electrons. The quantitative estimate of drug-likeness (QED) is 0.426. The summed E-state index contributed by atoms with van der Waals surface area (Å²) in [5, 5.41) is 10.5. The lowest BCUT2D eigenvalue weighted by Crippen LogP contribution is -3.08. The van der Waals surface area contributed by atoms with Crippen molar-refractivity contribution >= 4 is 23.5 Å². The molecule has 1 unspecified atom stereocenters. The molecule has 6 nitrogen and oxygen atoms in total. The number of pyridine rings is 1. The van der Waals surface area contributed by atoms with E-state index in [1.54, 1.807) is 6.92 Å². The SMILES string of the molecule is CCOC(=O)CC(=O)CSc1nc2c(c(-c3ccccc3)c1C#N)C[NH+](C)CC2. The van der Waals surface area contributed by atoms with Gasteiger partial charge in [-0.15, -0.1) is 0 Å². The number of rotatable bonds is 7. The Hall–Kier alpha value is -2.69. The van der Waals surface area contributed by atoms with Gasteiger partial charge in [0.1, 0.15) is 24.1 Å². The number of nitrogens with one attached hydrogen (secondary N) is 1. The van der Waals surface area contributed by atoms with Gasteiger partial charge in [0.15, 0.2) is 5.78 Å². The molecule has 0 amide bonds. The summed E-state index contributed by atoms with van der Waals surface area (Å²) in [6.07, 6.45) is 0.574. The number of carbonyl (C=O) groups excluding carboxylic acids is 2. The smallest absolute Gasteiger partial charge is 0.313 e. The van der Waals surface area contributed by atoms with Gasteiger partial charge in [-0.25, -0.2) is 4.98 Å². The van der Waals surface area contributed by atoms with Crippen molar-refractivity contribution in [3.8, 4) is 17.2 Å². The highest BCUT2D eigenvalue weighted by molar-refractivity contribution is 8.00. The van der Waals surface area contributed by atoms with Crippen molar-refractivity contribution in [1.82, 2.24) is 4.98 Å². The third-order valence-corrected chi connectivity index (χ3v) is 5.84. The van der Waals surface area contributed by atoms with Gasteiger partial charge in [0, 0.05) is 17.5 Å². The molecule has 2 aromatic rings. The molecular formula is C22H24N3O3S+. The maximum Gasteiger partial charge on any atom is 0.313 e. The topological polar surface area (TPSA) is 84.5 Å². The van der Waals surface area contributed by atoms with Gasteiger partial charge in [0.05, 0.1) is 37.2 Å². The maximum atomic E-state index is 12.2. The lowest BCUT2D eigenvalue weighted by atomic mass is 9.92. The Morgan fingerprint density at radius 3 is 2.76 bits per heavy atom. The summed E-state index contributed by atoms with van der Waals surface area (Å²) in [4.78, 5) is 29.8. The number of hydrogen-bond donors (Lipinski definition) is 1. The minimum atomic E-state index is -0.520. The second kappa shape index (κ2) is 9.68. The molecule has 1 aromatic heterocycles. The Morgan fingerprint density at radius 1 is 1.31 bits per heavy atom. The molecule has 3 rings (SSSR count). The second-order valence-corrected chi connectivity index (χ2v) is 7.98. The molecule has 1 aromatic carbocycles. The standard InChI is InChI=1S/C22H23N3O3S/c1-3-28-20(27)11-16(26)14-29-22-17(12-23)21(15-7-5-4-6-8-15)18-13-25(2)10-9-19(18)24-22/h4-8H,3,9-11,13-14H2,1-2H3/p+1. The Balaban J connectivity index is 1.95. The Morgan fingerprint density at radius 2 is 2.07 bits per heavy atom. The van der Waals surface area contributed by atoms with Crippen LogP contribution in [0.5, 0.6) is 0 Å². The van der Waals surface area contributed by atoms with E-state index in [2.05, 4.69) is 13.1 Å². The van der Waals surface area contributed by atoms with E-state index in [1.165, 1.54) is 16.7 Å². The number of hydrogen-bond acceptors (Lipinski definition) is 6. The highest BCUT2D eigenvalue weighted by Gasteiger charge is 2.27. The average molecular weight is 411 g/mol. The molecule has 0 saturated carbocycles. The number of nitriles is 1. The molecule has 1 N–H and O–H groups in total. The monoisotopic (exact) mass is 410 g/mol. The molecule has 2 heterocycles. The number of ether oxygens (including phenoxy) is 1. The van der Waals surface area contributed by atoms with E-state index in [9.17, 15) is 14.9 Å². The van der Waals surface area contributed by atoms with Gasteiger partial charge in [-0.2, -0.15) is 5.26 Å². The van der Waals surface area contributed by atoms with Crippen molar-refractivity contribution in [2.45, 2.75) is 31.3 Å². The first-order chi connectivity index (χ1) is 14.0. The van der Waals surface area contributed by atoms with Crippen molar-refractivity contribution < 1.29 is 19.2 Å². The van der Waals surface area contributed by atoms with E-state index in [4.69, 9.17) is 9.72 Å². The van der Waals surface area contributed by atoms with Crippen LogP contribution >= 0.6 is 11.8 Å². The highest BCUT2D eigenvalue weighted by atomic mass is 32.2. The fourth-order valence-corrected chi connectivity index (χ4v) is 4.34. The molecule has 0 saturated heterocycles. The third-order valence-electron chi connectivity index (χ3n) is 4.81. The lowest BCUT2D eigenvalue weighted by Gasteiger charge is -2.25. The first kappa shape index (κ1) is 21.0. The Labute approximate surface area is 174 Å². The van der Waals surface area contributed by atoms with Crippen LogP contribution in [0.1, 0.15) is 30.2 Å². The van der Waals surface area contributed by atoms with E-state index in [-0.39, 0.29) is 24.6 Å². The van der Waals surface area contributed by atoms with Gasteiger partial charge in [0.2, 0.25) is 0 Å². The minimum absolute atomic E-state index is 0.0820. The summed E-state index contributed by atoms with van der Waals surface area (Å²) in [5.41, 5.74) is 4.50. The van der Waals surface area contributed by atoms with E-state index in [0.29, 0.717) is 10.6 Å². The molecule has 1 aliphatic heterocycles. The van der Waals surface area contributed by atoms with Crippen molar-refractivity contribution in [1.29, 1.82) is 5.26 Å². The van der Waals surface area contributed by atoms with Crippen LogP contribution in [0.4, 0.5) is 0 Å². The molecule has 0 aliphatic carbocycles. The van der Waals surface area contributed by atoms with Gasteiger partial charge < -0.3 is 9.64 Å². The zero-order valence-electron chi connectivity index (χ0n) is 16.7. The van der Waals surface area contributed by atoms with Crippen LogP contribution < -0.4 is 4.90 Å². The second-order valence-electron chi connectivity index (χ2n) is 7.01. The van der Waals surface area contributed by atoms with Gasteiger partial charge in [-0.1, -0.05) is 42.1 Å². The fraction of sp³-hybridized carbons (Fsp3) is 0.364. The molecular weight excluding hydrogens is 386 g/mol. The van der Waals surface area contributed by atoms with Gasteiger partial charge >= 0.3 is 5.97 Å². The molecule has 7 heteroatoms. The molecule has 0 fully saturated rings.